The Labute approximate surface area is 121 Å². The second-order valence-corrected chi connectivity index (χ2v) is 6.91. The molecular formula is C17H25NO2. The van der Waals surface area contributed by atoms with Crippen molar-refractivity contribution in [3.8, 4) is 0 Å². The minimum Gasteiger partial charge on any atom is -0.458 e. The number of ether oxygens (including phenoxy) is 1. The summed E-state index contributed by atoms with van der Waals surface area (Å²) in [4.78, 5) is 16.3. The van der Waals surface area contributed by atoms with E-state index in [2.05, 4.69) is 25.8 Å². The summed E-state index contributed by atoms with van der Waals surface area (Å²) in [5, 5.41) is 0. The Hall–Kier alpha value is -1.38. The molecule has 1 aliphatic rings. The van der Waals surface area contributed by atoms with Crippen molar-refractivity contribution in [2.75, 3.05) is 0 Å². The van der Waals surface area contributed by atoms with E-state index in [1.165, 1.54) is 0 Å². The second-order valence-electron chi connectivity index (χ2n) is 6.91. The van der Waals surface area contributed by atoms with Gasteiger partial charge in [-0.2, -0.15) is 0 Å². The van der Waals surface area contributed by atoms with Gasteiger partial charge in [-0.05, 0) is 56.1 Å². The highest BCUT2D eigenvalue weighted by atomic mass is 16.5. The van der Waals surface area contributed by atoms with E-state index >= 15 is 0 Å². The smallest absolute Gasteiger partial charge is 0.357 e. The van der Waals surface area contributed by atoms with Crippen LogP contribution in [0.1, 0.15) is 62.6 Å². The maximum atomic E-state index is 12.1. The maximum absolute atomic E-state index is 12.1. The monoisotopic (exact) mass is 275 g/mol. The average Bonchev–Trinajstić information content (AvgIpc) is 2.38. The third-order valence-corrected chi connectivity index (χ3v) is 4.27. The molecule has 0 radical (unpaired) electrons. The molecule has 110 valence electrons. The zero-order chi connectivity index (χ0) is 14.8. The number of hydrogen-bond donors (Lipinski definition) is 0. The number of nitrogens with zero attached hydrogens (tertiary/aromatic N) is 1. The third-order valence-electron chi connectivity index (χ3n) is 4.27. The fourth-order valence-corrected chi connectivity index (χ4v) is 2.92. The van der Waals surface area contributed by atoms with Gasteiger partial charge < -0.3 is 4.74 Å². The number of aryl methyl sites for hydroxylation is 1. The lowest BCUT2D eigenvalue weighted by Crippen LogP contribution is -2.30. The largest absolute Gasteiger partial charge is 0.458 e. The fraction of sp³-hybridized carbons (Fsp3) is 0.647. The first-order chi connectivity index (χ1) is 9.36. The Bertz CT molecular complexity index is 468. The van der Waals surface area contributed by atoms with Crippen LogP contribution in [0.15, 0.2) is 18.2 Å². The third kappa shape index (κ3) is 3.81. The molecule has 3 heteroatoms. The van der Waals surface area contributed by atoms with Crippen LogP contribution in [0, 0.1) is 18.3 Å². The number of esters is 1. The molecule has 0 spiro atoms. The van der Waals surface area contributed by atoms with Crippen molar-refractivity contribution in [3.05, 3.63) is 29.6 Å². The summed E-state index contributed by atoms with van der Waals surface area (Å²) in [7, 11) is 0. The predicted molar refractivity (Wildman–Crippen MR) is 79.6 cm³/mol. The highest BCUT2D eigenvalue weighted by Crippen LogP contribution is 2.38. The van der Waals surface area contributed by atoms with Crippen LogP contribution in [0.25, 0.3) is 0 Å². The van der Waals surface area contributed by atoms with Crippen LogP contribution >= 0.6 is 0 Å². The van der Waals surface area contributed by atoms with Gasteiger partial charge in [-0.25, -0.2) is 9.78 Å². The normalized spacial score (nSPS) is 23.4. The van der Waals surface area contributed by atoms with E-state index in [1.54, 1.807) is 6.07 Å². The van der Waals surface area contributed by atoms with Crippen LogP contribution in [0.2, 0.25) is 0 Å². The summed E-state index contributed by atoms with van der Waals surface area (Å²) in [6.07, 6.45) is 4.29. The second kappa shape index (κ2) is 5.94. The van der Waals surface area contributed by atoms with Gasteiger partial charge in [0.2, 0.25) is 0 Å². The van der Waals surface area contributed by atoms with E-state index < -0.39 is 0 Å². The van der Waals surface area contributed by atoms with Gasteiger partial charge >= 0.3 is 5.97 Å². The van der Waals surface area contributed by atoms with Gasteiger partial charge in [0.25, 0.3) is 0 Å². The first kappa shape index (κ1) is 15.0. The molecule has 0 N–H and O–H groups in total. The van der Waals surface area contributed by atoms with Gasteiger partial charge in [0.15, 0.2) is 0 Å². The molecule has 2 rings (SSSR count). The molecule has 0 saturated heterocycles. The van der Waals surface area contributed by atoms with Gasteiger partial charge in [0.1, 0.15) is 11.8 Å². The van der Waals surface area contributed by atoms with Gasteiger partial charge in [0.05, 0.1) is 0 Å². The highest BCUT2D eigenvalue weighted by molar-refractivity contribution is 5.87. The minimum atomic E-state index is -0.284. The molecule has 1 aromatic rings. The highest BCUT2D eigenvalue weighted by Gasteiger charge is 2.31. The van der Waals surface area contributed by atoms with Crippen LogP contribution < -0.4 is 0 Å². The summed E-state index contributed by atoms with van der Waals surface area (Å²) >= 11 is 0. The fourth-order valence-electron chi connectivity index (χ4n) is 2.92. The predicted octanol–water partition coefficient (Wildman–Crippen LogP) is 4.15. The number of rotatable bonds is 2. The van der Waals surface area contributed by atoms with Crippen molar-refractivity contribution >= 4 is 5.97 Å². The van der Waals surface area contributed by atoms with Crippen LogP contribution in [-0.4, -0.2) is 17.1 Å². The maximum Gasteiger partial charge on any atom is 0.357 e. The Morgan fingerprint density at radius 1 is 1.20 bits per heavy atom. The van der Waals surface area contributed by atoms with Gasteiger partial charge in [0, 0.05) is 5.69 Å². The summed E-state index contributed by atoms with van der Waals surface area (Å²) in [5.41, 5.74) is 1.62. The van der Waals surface area contributed by atoms with E-state index in [0.29, 0.717) is 11.1 Å². The molecule has 1 aromatic heterocycles. The van der Waals surface area contributed by atoms with Gasteiger partial charge in [-0.3, -0.25) is 0 Å². The summed E-state index contributed by atoms with van der Waals surface area (Å²) in [5.74, 6) is 0.447. The number of aromatic nitrogens is 1. The molecule has 0 amide bonds. The number of hydrogen-bond acceptors (Lipinski definition) is 3. The van der Waals surface area contributed by atoms with E-state index in [0.717, 1.165) is 37.3 Å². The zero-order valence-electron chi connectivity index (χ0n) is 13.0. The average molecular weight is 275 g/mol. The molecule has 20 heavy (non-hydrogen) atoms. The topological polar surface area (TPSA) is 39.2 Å². The Balaban J connectivity index is 1.88. The lowest BCUT2D eigenvalue weighted by Gasteiger charge is -2.36. The molecule has 0 atom stereocenters. The van der Waals surface area contributed by atoms with Crippen molar-refractivity contribution in [2.45, 2.75) is 59.5 Å². The number of carbonyl (C=O) groups excluding carboxylic acids is 1. The van der Waals surface area contributed by atoms with Crippen molar-refractivity contribution in [1.82, 2.24) is 4.98 Å². The lowest BCUT2D eigenvalue weighted by molar-refractivity contribution is 0.00868. The summed E-state index contributed by atoms with van der Waals surface area (Å²) in [6, 6.07) is 5.44. The van der Waals surface area contributed by atoms with Gasteiger partial charge in [-0.15, -0.1) is 0 Å². The zero-order valence-corrected chi connectivity index (χ0v) is 13.0. The van der Waals surface area contributed by atoms with Crippen LogP contribution in [0.3, 0.4) is 0 Å². The van der Waals surface area contributed by atoms with E-state index in [1.807, 2.05) is 19.1 Å². The van der Waals surface area contributed by atoms with Crippen molar-refractivity contribution in [1.29, 1.82) is 0 Å². The first-order valence-corrected chi connectivity index (χ1v) is 7.51. The molecule has 1 saturated carbocycles. The Kier molecular flexibility index (Phi) is 4.46. The molecule has 0 aromatic carbocycles. The van der Waals surface area contributed by atoms with Crippen LogP contribution in [-0.2, 0) is 4.74 Å². The quantitative estimate of drug-likeness (QED) is 0.761. The minimum absolute atomic E-state index is 0.0587. The van der Waals surface area contributed by atoms with Gasteiger partial charge in [-0.1, -0.05) is 26.8 Å². The summed E-state index contributed by atoms with van der Waals surface area (Å²) < 4.78 is 5.59. The van der Waals surface area contributed by atoms with Crippen molar-refractivity contribution in [3.63, 3.8) is 0 Å². The lowest BCUT2D eigenvalue weighted by atomic mass is 9.72. The van der Waals surface area contributed by atoms with Crippen LogP contribution in [0.5, 0.6) is 0 Å². The molecule has 3 nitrogen and oxygen atoms in total. The SMILES string of the molecule is Cc1cccc(C(=O)OC2CCC(C(C)(C)C)CC2)n1. The molecule has 0 bridgehead atoms. The number of pyridine rings is 1. The van der Waals surface area contributed by atoms with E-state index in [-0.39, 0.29) is 12.1 Å². The molecular weight excluding hydrogens is 250 g/mol. The van der Waals surface area contributed by atoms with Crippen LogP contribution in [0.4, 0.5) is 0 Å². The molecule has 1 fully saturated rings. The van der Waals surface area contributed by atoms with E-state index in [9.17, 15) is 4.79 Å². The first-order valence-electron chi connectivity index (χ1n) is 7.51. The Morgan fingerprint density at radius 2 is 1.85 bits per heavy atom. The molecule has 1 aliphatic carbocycles. The van der Waals surface area contributed by atoms with Crippen molar-refractivity contribution in [2.24, 2.45) is 11.3 Å². The summed E-state index contributed by atoms with van der Waals surface area (Å²) in [6.45, 7) is 8.76. The number of carbonyl (C=O) groups is 1. The Morgan fingerprint density at radius 3 is 2.40 bits per heavy atom. The van der Waals surface area contributed by atoms with E-state index in [4.69, 9.17) is 4.74 Å². The molecule has 1 heterocycles. The standard InChI is InChI=1S/C17H25NO2/c1-12-6-5-7-15(18-12)16(19)20-14-10-8-13(9-11-14)17(2,3)4/h5-7,13-14H,8-11H2,1-4H3. The molecule has 0 aliphatic heterocycles. The van der Waals surface area contributed by atoms with Crippen molar-refractivity contribution < 1.29 is 9.53 Å². The molecule has 0 unspecified atom stereocenters.